The van der Waals surface area contributed by atoms with Crippen LogP contribution in [0.25, 0.3) is 0 Å². The quantitative estimate of drug-likeness (QED) is 0.731. The lowest BCUT2D eigenvalue weighted by Crippen LogP contribution is -2.47. The van der Waals surface area contributed by atoms with Crippen molar-refractivity contribution < 1.29 is 9.59 Å². The number of thiazole rings is 1. The lowest BCUT2D eigenvalue weighted by Gasteiger charge is -2.29. The van der Waals surface area contributed by atoms with Gasteiger partial charge in [0.1, 0.15) is 5.69 Å². The molecule has 20 heavy (non-hydrogen) atoms. The molecule has 1 aromatic rings. The molecule has 2 rings (SSSR count). The number of rotatable bonds is 5. The minimum atomic E-state index is -0.336. The minimum Gasteiger partial charge on any atom is -0.369 e. The first-order valence-corrected chi connectivity index (χ1v) is 7.74. The van der Waals surface area contributed by atoms with Gasteiger partial charge in [-0.25, -0.2) is 4.98 Å². The number of amides is 2. The van der Waals surface area contributed by atoms with E-state index in [4.69, 9.17) is 11.5 Å². The van der Waals surface area contributed by atoms with Crippen molar-refractivity contribution in [2.45, 2.75) is 38.1 Å². The van der Waals surface area contributed by atoms with Crippen molar-refractivity contribution in [3.63, 3.8) is 0 Å². The van der Waals surface area contributed by atoms with Gasteiger partial charge in [-0.05, 0) is 19.4 Å². The van der Waals surface area contributed by atoms with E-state index in [1.165, 1.54) is 11.3 Å². The van der Waals surface area contributed by atoms with Gasteiger partial charge in [0, 0.05) is 17.8 Å². The Morgan fingerprint density at radius 3 is 2.85 bits per heavy atom. The van der Waals surface area contributed by atoms with Crippen LogP contribution in [0.2, 0.25) is 0 Å². The Morgan fingerprint density at radius 2 is 2.15 bits per heavy atom. The average Bonchev–Trinajstić information content (AvgIpc) is 2.88. The Bertz CT molecular complexity index is 488. The number of carbonyl (C=O) groups excluding carboxylic acids is 2. The van der Waals surface area contributed by atoms with E-state index in [0.717, 1.165) is 30.7 Å². The van der Waals surface area contributed by atoms with Crippen molar-refractivity contribution >= 4 is 23.2 Å². The number of nitrogens with zero attached hydrogens (tertiary/aromatic N) is 1. The van der Waals surface area contributed by atoms with Crippen molar-refractivity contribution in [1.29, 1.82) is 0 Å². The molecule has 1 aliphatic carbocycles. The number of carbonyl (C=O) groups is 2. The average molecular weight is 296 g/mol. The molecule has 0 aliphatic heterocycles. The third-order valence-electron chi connectivity index (χ3n) is 3.59. The monoisotopic (exact) mass is 296 g/mol. The first-order valence-electron chi connectivity index (χ1n) is 6.86. The van der Waals surface area contributed by atoms with Crippen molar-refractivity contribution in [1.82, 2.24) is 10.3 Å². The van der Waals surface area contributed by atoms with E-state index >= 15 is 0 Å². The Labute approximate surface area is 121 Å². The smallest absolute Gasteiger partial charge is 0.271 e. The molecule has 0 aromatic carbocycles. The number of primary amides is 1. The van der Waals surface area contributed by atoms with Gasteiger partial charge in [-0.15, -0.1) is 11.3 Å². The minimum absolute atomic E-state index is 0.173. The van der Waals surface area contributed by atoms with Crippen LogP contribution in [0.4, 0.5) is 0 Å². The van der Waals surface area contributed by atoms with Crippen LogP contribution in [0.3, 0.4) is 0 Å². The van der Waals surface area contributed by atoms with E-state index in [0.29, 0.717) is 18.7 Å². The fourth-order valence-corrected chi connectivity index (χ4v) is 3.33. The van der Waals surface area contributed by atoms with Crippen LogP contribution in [-0.2, 0) is 11.2 Å². The van der Waals surface area contributed by atoms with E-state index in [1.807, 2.05) is 0 Å². The van der Waals surface area contributed by atoms with Gasteiger partial charge in [-0.3, -0.25) is 9.59 Å². The fraction of sp³-hybridized carbons (Fsp3) is 0.615. The molecule has 2 amide bonds. The molecule has 0 radical (unpaired) electrons. The molecule has 0 bridgehead atoms. The second-order valence-electron chi connectivity index (χ2n) is 5.04. The van der Waals surface area contributed by atoms with Crippen molar-refractivity contribution in [2.75, 3.05) is 6.54 Å². The summed E-state index contributed by atoms with van der Waals surface area (Å²) in [4.78, 5) is 27.8. The Hall–Kier alpha value is -1.47. The maximum atomic E-state index is 12.1. The van der Waals surface area contributed by atoms with Crippen LogP contribution in [0.1, 0.15) is 41.2 Å². The highest BCUT2D eigenvalue weighted by Crippen LogP contribution is 2.24. The van der Waals surface area contributed by atoms with Crippen LogP contribution < -0.4 is 16.8 Å². The SMILES string of the molecule is NCCc1nc(C(=O)NC2CCCCC2C(N)=O)cs1. The van der Waals surface area contributed by atoms with Crippen LogP contribution in [-0.4, -0.2) is 29.4 Å². The molecule has 7 heteroatoms. The molecule has 1 saturated carbocycles. The van der Waals surface area contributed by atoms with E-state index in [1.54, 1.807) is 5.38 Å². The number of aromatic nitrogens is 1. The maximum Gasteiger partial charge on any atom is 0.271 e. The zero-order valence-corrected chi connectivity index (χ0v) is 12.1. The molecule has 6 nitrogen and oxygen atoms in total. The van der Waals surface area contributed by atoms with Crippen molar-refractivity contribution in [3.05, 3.63) is 16.1 Å². The van der Waals surface area contributed by atoms with E-state index in [-0.39, 0.29) is 23.8 Å². The molecule has 1 aliphatic rings. The Morgan fingerprint density at radius 1 is 1.40 bits per heavy atom. The fourth-order valence-electron chi connectivity index (χ4n) is 2.54. The van der Waals surface area contributed by atoms with Gasteiger partial charge in [0.15, 0.2) is 0 Å². The highest BCUT2D eigenvalue weighted by Gasteiger charge is 2.31. The number of nitrogens with two attached hydrogens (primary N) is 2. The Kier molecular flexibility index (Phi) is 5.08. The van der Waals surface area contributed by atoms with Crippen molar-refractivity contribution in [2.24, 2.45) is 17.4 Å². The molecule has 2 atom stereocenters. The summed E-state index contributed by atoms with van der Waals surface area (Å²) in [6.07, 6.45) is 4.20. The summed E-state index contributed by atoms with van der Waals surface area (Å²) >= 11 is 1.43. The topological polar surface area (TPSA) is 111 Å². The predicted octanol–water partition coefficient (Wildman–Crippen LogP) is 0.418. The summed E-state index contributed by atoms with van der Waals surface area (Å²) in [7, 11) is 0. The summed E-state index contributed by atoms with van der Waals surface area (Å²) in [6, 6.07) is -0.173. The zero-order valence-electron chi connectivity index (χ0n) is 11.3. The summed E-state index contributed by atoms with van der Waals surface area (Å²) in [5.41, 5.74) is 11.3. The normalized spacial score (nSPS) is 22.4. The summed E-state index contributed by atoms with van der Waals surface area (Å²) in [5, 5.41) is 5.47. The molecular formula is C13H20N4O2S. The highest BCUT2D eigenvalue weighted by atomic mass is 32.1. The van der Waals surface area contributed by atoms with Gasteiger partial charge in [-0.1, -0.05) is 12.8 Å². The molecule has 0 spiro atoms. The number of nitrogens with one attached hydrogen (secondary N) is 1. The van der Waals surface area contributed by atoms with Gasteiger partial charge in [0.2, 0.25) is 5.91 Å². The molecular weight excluding hydrogens is 276 g/mol. The molecule has 2 unspecified atom stereocenters. The van der Waals surface area contributed by atoms with Gasteiger partial charge < -0.3 is 16.8 Å². The maximum absolute atomic E-state index is 12.1. The highest BCUT2D eigenvalue weighted by molar-refractivity contribution is 7.09. The summed E-state index contributed by atoms with van der Waals surface area (Å²) < 4.78 is 0. The standard InChI is InChI=1S/C13H20N4O2S/c14-6-5-11-16-10(7-20-11)13(19)17-9-4-2-1-3-8(9)12(15)18/h7-9H,1-6,14H2,(H2,15,18)(H,17,19). The molecule has 1 fully saturated rings. The summed E-state index contributed by atoms with van der Waals surface area (Å²) in [5.74, 6) is -0.838. The largest absolute Gasteiger partial charge is 0.369 e. The molecule has 5 N–H and O–H groups in total. The zero-order chi connectivity index (χ0) is 14.5. The van der Waals surface area contributed by atoms with Gasteiger partial charge >= 0.3 is 0 Å². The van der Waals surface area contributed by atoms with Crippen LogP contribution in [0, 0.1) is 5.92 Å². The second-order valence-corrected chi connectivity index (χ2v) is 5.98. The third-order valence-corrected chi connectivity index (χ3v) is 4.50. The Balaban J connectivity index is 1.99. The summed E-state index contributed by atoms with van der Waals surface area (Å²) in [6.45, 7) is 0.515. The van der Waals surface area contributed by atoms with Gasteiger partial charge in [-0.2, -0.15) is 0 Å². The molecule has 0 saturated heterocycles. The van der Waals surface area contributed by atoms with Gasteiger partial charge in [0.05, 0.1) is 10.9 Å². The van der Waals surface area contributed by atoms with E-state index < -0.39 is 0 Å². The lowest BCUT2D eigenvalue weighted by molar-refractivity contribution is -0.123. The second kappa shape index (κ2) is 6.81. The van der Waals surface area contributed by atoms with Crippen LogP contribution in [0.15, 0.2) is 5.38 Å². The molecule has 1 aromatic heterocycles. The first kappa shape index (κ1) is 14.9. The van der Waals surface area contributed by atoms with Crippen LogP contribution in [0.5, 0.6) is 0 Å². The molecule has 1 heterocycles. The lowest BCUT2D eigenvalue weighted by atomic mass is 9.84. The number of hydrogen-bond donors (Lipinski definition) is 3. The van der Waals surface area contributed by atoms with Crippen molar-refractivity contribution in [3.8, 4) is 0 Å². The third kappa shape index (κ3) is 3.55. The van der Waals surface area contributed by atoms with E-state index in [2.05, 4.69) is 10.3 Å². The first-order chi connectivity index (χ1) is 9.61. The van der Waals surface area contributed by atoms with Gasteiger partial charge in [0.25, 0.3) is 5.91 Å². The van der Waals surface area contributed by atoms with Crippen LogP contribution >= 0.6 is 11.3 Å². The number of hydrogen-bond acceptors (Lipinski definition) is 5. The molecule has 110 valence electrons. The predicted molar refractivity (Wildman–Crippen MR) is 77.3 cm³/mol. The van der Waals surface area contributed by atoms with E-state index in [9.17, 15) is 9.59 Å².